The van der Waals surface area contributed by atoms with E-state index in [0.29, 0.717) is 5.92 Å². The van der Waals surface area contributed by atoms with Gasteiger partial charge >= 0.3 is 0 Å². The molecule has 0 radical (unpaired) electrons. The Kier molecular flexibility index (Phi) is 4.83. The Hall–Kier alpha value is -2.29. The van der Waals surface area contributed by atoms with Crippen molar-refractivity contribution in [3.05, 3.63) is 53.1 Å². The van der Waals surface area contributed by atoms with Crippen LogP contribution in [0.15, 0.2) is 41.4 Å². The first-order valence-corrected chi connectivity index (χ1v) is 9.39. The zero-order valence-electron chi connectivity index (χ0n) is 17.2. The Morgan fingerprint density at radius 1 is 1.15 bits per heavy atom. The molecule has 0 amide bonds. The lowest BCUT2D eigenvalue weighted by Gasteiger charge is -2.45. The van der Waals surface area contributed by atoms with Gasteiger partial charge in [0.2, 0.25) is 0 Å². The summed E-state index contributed by atoms with van der Waals surface area (Å²) in [6, 6.07) is 13.0. The van der Waals surface area contributed by atoms with Crippen molar-refractivity contribution in [2.75, 3.05) is 30.9 Å². The van der Waals surface area contributed by atoms with E-state index in [-0.39, 0.29) is 5.54 Å². The largest absolute Gasteiger partial charge is 0.378 e. The van der Waals surface area contributed by atoms with E-state index >= 15 is 0 Å². The molecule has 26 heavy (non-hydrogen) atoms. The molecule has 0 aromatic heterocycles. The van der Waals surface area contributed by atoms with Gasteiger partial charge in [-0.3, -0.25) is 4.99 Å². The van der Waals surface area contributed by atoms with Gasteiger partial charge in [0.25, 0.3) is 0 Å². The molecule has 1 aliphatic heterocycles. The van der Waals surface area contributed by atoms with Crippen molar-refractivity contribution in [3.8, 4) is 0 Å². The van der Waals surface area contributed by atoms with Crippen molar-refractivity contribution in [2.45, 2.75) is 45.6 Å². The highest BCUT2D eigenvalue weighted by Crippen LogP contribution is 2.43. The van der Waals surface area contributed by atoms with Crippen LogP contribution in [-0.2, 0) is 0 Å². The molecule has 138 valence electrons. The van der Waals surface area contributed by atoms with Crippen LogP contribution in [0.4, 0.5) is 17.1 Å². The van der Waals surface area contributed by atoms with E-state index < -0.39 is 0 Å². The molecule has 2 aromatic rings. The van der Waals surface area contributed by atoms with Crippen LogP contribution in [-0.4, -0.2) is 32.9 Å². The molecule has 1 aliphatic rings. The minimum atomic E-state index is 0.197. The molecule has 1 unspecified atom stereocenters. The number of aryl methyl sites for hydroxylation is 1. The smallest absolute Gasteiger partial charge is 0.0631 e. The maximum absolute atomic E-state index is 4.70. The molecule has 0 bridgehead atoms. The summed E-state index contributed by atoms with van der Waals surface area (Å²) in [5.74, 6) is 0.559. The Morgan fingerprint density at radius 3 is 2.42 bits per heavy atom. The van der Waals surface area contributed by atoms with Gasteiger partial charge in [0.15, 0.2) is 0 Å². The van der Waals surface area contributed by atoms with Crippen molar-refractivity contribution in [2.24, 2.45) is 4.99 Å². The van der Waals surface area contributed by atoms with E-state index in [9.17, 15) is 0 Å². The van der Waals surface area contributed by atoms with Gasteiger partial charge in [0, 0.05) is 44.3 Å². The molecule has 1 heterocycles. The number of hydrogen-bond donors (Lipinski definition) is 0. The summed E-state index contributed by atoms with van der Waals surface area (Å²) >= 11 is 0. The molecule has 3 heteroatoms. The second-order valence-electron chi connectivity index (χ2n) is 8.41. The fourth-order valence-corrected chi connectivity index (χ4v) is 3.85. The lowest BCUT2D eigenvalue weighted by atomic mass is 9.79. The predicted octanol–water partition coefficient (Wildman–Crippen LogP) is 5.53. The van der Waals surface area contributed by atoms with Crippen LogP contribution >= 0.6 is 0 Å². The molecule has 2 aromatic carbocycles. The Balaban J connectivity index is 1.91. The van der Waals surface area contributed by atoms with Crippen LogP contribution in [0.3, 0.4) is 0 Å². The number of hydrogen-bond acceptors (Lipinski definition) is 3. The van der Waals surface area contributed by atoms with E-state index in [2.05, 4.69) is 80.9 Å². The van der Waals surface area contributed by atoms with Gasteiger partial charge in [-0.05, 0) is 86.2 Å². The fraction of sp³-hybridized carbons (Fsp3) is 0.435. The number of aliphatic imine (C=N–C) groups is 1. The molecule has 0 fully saturated rings. The summed E-state index contributed by atoms with van der Waals surface area (Å²) in [5, 5.41) is 0. The zero-order chi connectivity index (χ0) is 19.1. The topological polar surface area (TPSA) is 18.8 Å². The zero-order valence-corrected chi connectivity index (χ0v) is 17.2. The van der Waals surface area contributed by atoms with E-state index in [0.717, 1.165) is 5.69 Å². The van der Waals surface area contributed by atoms with Gasteiger partial charge in [-0.15, -0.1) is 0 Å². The van der Waals surface area contributed by atoms with Gasteiger partial charge in [0.05, 0.1) is 5.69 Å². The highest BCUT2D eigenvalue weighted by molar-refractivity contribution is 5.86. The van der Waals surface area contributed by atoms with E-state index in [1.165, 1.54) is 34.5 Å². The number of benzene rings is 2. The molecule has 0 aliphatic carbocycles. The highest BCUT2D eigenvalue weighted by atomic mass is 15.2. The first kappa shape index (κ1) is 18.5. The Bertz CT molecular complexity index is 816. The van der Waals surface area contributed by atoms with Gasteiger partial charge in [-0.25, -0.2) is 0 Å². The van der Waals surface area contributed by atoms with Crippen LogP contribution < -0.4 is 9.80 Å². The molecule has 0 saturated heterocycles. The van der Waals surface area contributed by atoms with E-state index in [1.54, 1.807) is 0 Å². The summed E-state index contributed by atoms with van der Waals surface area (Å²) in [5.41, 5.74) is 7.64. The molecule has 0 N–H and O–H groups in total. The van der Waals surface area contributed by atoms with Gasteiger partial charge in [0.1, 0.15) is 0 Å². The lowest BCUT2D eigenvalue weighted by Crippen LogP contribution is -2.45. The van der Waals surface area contributed by atoms with Crippen molar-refractivity contribution in [1.82, 2.24) is 0 Å². The van der Waals surface area contributed by atoms with Crippen LogP contribution in [0.2, 0.25) is 0 Å². The molecule has 3 nitrogen and oxygen atoms in total. The second kappa shape index (κ2) is 6.79. The summed E-state index contributed by atoms with van der Waals surface area (Å²) < 4.78 is 0. The SMILES string of the molecule is Cc1cc2c(cc1C=Nc1ccc(N(C)C)cc1)C(C)CC(C)(C)N2C. The summed E-state index contributed by atoms with van der Waals surface area (Å²) in [7, 11) is 6.31. The third-order valence-corrected chi connectivity index (χ3v) is 5.74. The summed E-state index contributed by atoms with van der Waals surface area (Å²) in [6.07, 6.45) is 3.18. The Morgan fingerprint density at radius 2 is 1.81 bits per heavy atom. The monoisotopic (exact) mass is 349 g/mol. The number of fused-ring (bicyclic) bond motifs is 1. The predicted molar refractivity (Wildman–Crippen MR) is 115 cm³/mol. The van der Waals surface area contributed by atoms with Gasteiger partial charge in [-0.1, -0.05) is 6.92 Å². The molecule has 3 rings (SSSR count). The van der Waals surface area contributed by atoms with Crippen molar-refractivity contribution in [3.63, 3.8) is 0 Å². The standard InChI is InChI=1S/C23H31N3/c1-16-12-22-21(17(2)14-23(3,4)26(22)7)13-18(16)15-24-19-8-10-20(11-9-19)25(5)6/h8-13,15,17H,14H2,1-7H3. The van der Waals surface area contributed by atoms with Crippen LogP contribution in [0, 0.1) is 6.92 Å². The summed E-state index contributed by atoms with van der Waals surface area (Å²) in [6.45, 7) is 9.17. The third-order valence-electron chi connectivity index (χ3n) is 5.74. The van der Waals surface area contributed by atoms with Crippen molar-refractivity contribution in [1.29, 1.82) is 0 Å². The summed E-state index contributed by atoms with van der Waals surface area (Å²) in [4.78, 5) is 9.23. The maximum atomic E-state index is 4.70. The minimum Gasteiger partial charge on any atom is -0.378 e. The molecular weight excluding hydrogens is 318 g/mol. The molecular formula is C23H31N3. The maximum Gasteiger partial charge on any atom is 0.0631 e. The first-order valence-electron chi connectivity index (χ1n) is 9.39. The van der Waals surface area contributed by atoms with Crippen LogP contribution in [0.5, 0.6) is 0 Å². The van der Waals surface area contributed by atoms with Crippen LogP contribution in [0.25, 0.3) is 0 Å². The average molecular weight is 350 g/mol. The second-order valence-corrected chi connectivity index (χ2v) is 8.41. The number of nitrogens with zero attached hydrogens (tertiary/aromatic N) is 3. The quantitative estimate of drug-likeness (QED) is 0.678. The highest BCUT2D eigenvalue weighted by Gasteiger charge is 2.34. The fourth-order valence-electron chi connectivity index (χ4n) is 3.85. The normalized spacial score (nSPS) is 18.9. The van der Waals surface area contributed by atoms with E-state index in [1.807, 2.05) is 20.3 Å². The Labute approximate surface area is 158 Å². The molecule has 0 saturated carbocycles. The first-order chi connectivity index (χ1) is 12.2. The van der Waals surface area contributed by atoms with Crippen molar-refractivity contribution >= 4 is 23.3 Å². The number of rotatable bonds is 3. The molecule has 1 atom stereocenters. The van der Waals surface area contributed by atoms with Crippen LogP contribution in [0.1, 0.15) is 49.8 Å². The van der Waals surface area contributed by atoms with Crippen molar-refractivity contribution < 1.29 is 0 Å². The third kappa shape index (κ3) is 3.48. The van der Waals surface area contributed by atoms with Gasteiger partial charge < -0.3 is 9.80 Å². The molecule has 0 spiro atoms. The number of anilines is 2. The lowest BCUT2D eigenvalue weighted by molar-refractivity contribution is 0.395. The minimum absolute atomic E-state index is 0.197. The average Bonchev–Trinajstić information content (AvgIpc) is 2.58. The van der Waals surface area contributed by atoms with E-state index in [4.69, 9.17) is 4.99 Å². The van der Waals surface area contributed by atoms with Gasteiger partial charge in [-0.2, -0.15) is 0 Å².